The van der Waals surface area contributed by atoms with E-state index in [0.29, 0.717) is 12.8 Å². The van der Waals surface area contributed by atoms with Gasteiger partial charge in [0, 0.05) is 6.42 Å². The molecule has 0 aromatic rings. The van der Waals surface area contributed by atoms with Crippen LogP contribution in [0.4, 0.5) is 0 Å². The van der Waals surface area contributed by atoms with Crippen LogP contribution in [-0.2, 0) is 23.7 Å². The molecule has 1 amide bonds. The number of unbranched alkanes of at least 4 members (excludes halogenated alkanes) is 30. The number of amides is 1. The molecule has 9 N–H and O–H groups in total. The van der Waals surface area contributed by atoms with Gasteiger partial charge in [0.25, 0.3) is 0 Å². The van der Waals surface area contributed by atoms with Crippen LogP contribution in [0, 0.1) is 0 Å². The quantitative estimate of drug-likeness (QED) is 0.0204. The molecule has 12 atom stereocenters. The molecule has 0 aliphatic carbocycles. The number of hydrogen-bond acceptors (Lipinski definition) is 13. The van der Waals surface area contributed by atoms with Crippen LogP contribution in [0.15, 0.2) is 109 Å². The molecule has 12 unspecified atom stereocenters. The van der Waals surface area contributed by atoms with Crippen molar-refractivity contribution in [3.8, 4) is 0 Å². The van der Waals surface area contributed by atoms with Crippen LogP contribution in [0.2, 0.25) is 0 Å². The van der Waals surface area contributed by atoms with Gasteiger partial charge in [-0.15, -0.1) is 0 Å². The summed E-state index contributed by atoms with van der Waals surface area (Å²) in [5.41, 5.74) is 0. The fourth-order valence-corrected chi connectivity index (χ4v) is 11.4. The van der Waals surface area contributed by atoms with Crippen LogP contribution >= 0.6 is 0 Å². The maximum Gasteiger partial charge on any atom is 0.220 e. The number of aliphatic hydroxyl groups is 8. The molecule has 0 radical (unpaired) electrons. The summed E-state index contributed by atoms with van der Waals surface area (Å²) in [5.74, 6) is -0.258. The molecule has 0 aromatic carbocycles. The maximum absolute atomic E-state index is 13.3. The van der Waals surface area contributed by atoms with Crippen molar-refractivity contribution in [1.29, 1.82) is 0 Å². The fourth-order valence-electron chi connectivity index (χ4n) is 11.4. The average Bonchev–Trinajstić information content (AvgIpc) is 1.25. The van der Waals surface area contributed by atoms with E-state index >= 15 is 0 Å². The van der Waals surface area contributed by atoms with E-state index in [4.69, 9.17) is 18.9 Å². The van der Waals surface area contributed by atoms with E-state index in [2.05, 4.69) is 116 Å². The highest BCUT2D eigenvalue weighted by Gasteiger charge is 2.51. The summed E-state index contributed by atoms with van der Waals surface area (Å²) in [6.07, 6.45) is 70.0. The Bertz CT molecular complexity index is 1950. The lowest BCUT2D eigenvalue weighted by Crippen LogP contribution is -2.65. The molecule has 2 aliphatic heterocycles. The molecule has 0 bridgehead atoms. The van der Waals surface area contributed by atoms with Gasteiger partial charge in [-0.25, -0.2) is 0 Å². The molecule has 2 rings (SSSR count). The Morgan fingerprint density at radius 1 is 0.407 bits per heavy atom. The van der Waals surface area contributed by atoms with Crippen LogP contribution < -0.4 is 5.32 Å². The molecule has 0 saturated carbocycles. The zero-order valence-corrected chi connectivity index (χ0v) is 57.1. The van der Waals surface area contributed by atoms with Gasteiger partial charge in [-0.1, -0.05) is 290 Å². The van der Waals surface area contributed by atoms with Gasteiger partial charge in [-0.05, 0) is 89.9 Å². The number of carbonyl (C=O) groups is 1. The Morgan fingerprint density at radius 3 is 1.21 bits per heavy atom. The molecule has 524 valence electrons. The first-order chi connectivity index (χ1) is 44.6. The normalized spacial score (nSPS) is 23.5. The number of aliphatic hydroxyl groups excluding tert-OH is 8. The van der Waals surface area contributed by atoms with Crippen molar-refractivity contribution in [2.75, 3.05) is 19.8 Å². The third-order valence-electron chi connectivity index (χ3n) is 17.2. The number of hydrogen-bond donors (Lipinski definition) is 9. The second-order valence-corrected chi connectivity index (χ2v) is 25.3. The van der Waals surface area contributed by atoms with Crippen molar-refractivity contribution in [2.24, 2.45) is 0 Å². The highest BCUT2D eigenvalue weighted by Crippen LogP contribution is 2.30. The van der Waals surface area contributed by atoms with Crippen molar-refractivity contribution in [3.05, 3.63) is 109 Å². The second-order valence-electron chi connectivity index (χ2n) is 25.3. The summed E-state index contributed by atoms with van der Waals surface area (Å²) >= 11 is 0. The maximum atomic E-state index is 13.3. The predicted molar refractivity (Wildman–Crippen MR) is 373 cm³/mol. The molecule has 2 aliphatic rings. The Morgan fingerprint density at radius 2 is 0.769 bits per heavy atom. The van der Waals surface area contributed by atoms with E-state index in [0.717, 1.165) is 83.5 Å². The average molecular weight is 1280 g/mol. The minimum Gasteiger partial charge on any atom is -0.394 e. The van der Waals surface area contributed by atoms with Gasteiger partial charge in [0.2, 0.25) is 5.91 Å². The summed E-state index contributed by atoms with van der Waals surface area (Å²) in [5, 5.41) is 87.5. The number of rotatable bonds is 59. The Balaban J connectivity index is 1.69. The third-order valence-corrected chi connectivity index (χ3v) is 17.2. The van der Waals surface area contributed by atoms with Gasteiger partial charge in [-0.3, -0.25) is 4.79 Å². The van der Waals surface area contributed by atoms with Gasteiger partial charge in [0.1, 0.15) is 48.8 Å². The van der Waals surface area contributed by atoms with E-state index in [-0.39, 0.29) is 18.9 Å². The van der Waals surface area contributed by atoms with Crippen LogP contribution in [0.3, 0.4) is 0 Å². The largest absolute Gasteiger partial charge is 0.394 e. The minimum absolute atomic E-state index is 0.258. The number of allylic oxidation sites excluding steroid dienone is 17. The van der Waals surface area contributed by atoms with Crippen molar-refractivity contribution < 1.29 is 64.6 Å². The van der Waals surface area contributed by atoms with E-state index < -0.39 is 86.8 Å². The number of nitrogens with one attached hydrogen (secondary N) is 1. The molecule has 2 saturated heterocycles. The summed E-state index contributed by atoms with van der Waals surface area (Å²) in [6, 6.07) is -0.944. The highest BCUT2D eigenvalue weighted by molar-refractivity contribution is 5.76. The molecule has 14 nitrogen and oxygen atoms in total. The van der Waals surface area contributed by atoms with Gasteiger partial charge in [0.15, 0.2) is 12.6 Å². The molecule has 2 fully saturated rings. The Kier molecular flexibility index (Phi) is 55.5. The monoisotopic (exact) mass is 1280 g/mol. The van der Waals surface area contributed by atoms with E-state index in [9.17, 15) is 45.6 Å². The predicted octanol–water partition coefficient (Wildman–Crippen LogP) is 15.5. The Hall–Kier alpha value is -3.35. The molecule has 14 heteroatoms. The summed E-state index contributed by atoms with van der Waals surface area (Å²) in [6.45, 7) is 2.69. The van der Waals surface area contributed by atoms with Gasteiger partial charge < -0.3 is 65.1 Å². The second kappa shape index (κ2) is 60.3. The summed E-state index contributed by atoms with van der Waals surface area (Å²) in [7, 11) is 0. The number of carbonyl (C=O) groups excluding carboxylic acids is 1. The van der Waals surface area contributed by atoms with Gasteiger partial charge in [0.05, 0.1) is 32.0 Å². The first-order valence-electron chi connectivity index (χ1n) is 36.6. The van der Waals surface area contributed by atoms with Crippen molar-refractivity contribution in [3.63, 3.8) is 0 Å². The lowest BCUT2D eigenvalue weighted by atomic mass is 9.97. The van der Waals surface area contributed by atoms with Gasteiger partial charge in [-0.2, -0.15) is 0 Å². The number of ether oxygens (including phenoxy) is 4. The first-order valence-corrected chi connectivity index (χ1v) is 36.6. The fraction of sp³-hybridized carbons (Fsp3) is 0.753. The first kappa shape index (κ1) is 83.7. The molecule has 2 heterocycles. The lowest BCUT2D eigenvalue weighted by Gasteiger charge is -2.46. The summed E-state index contributed by atoms with van der Waals surface area (Å²) < 4.78 is 22.9. The zero-order chi connectivity index (χ0) is 65.9. The third kappa shape index (κ3) is 44.1. The van der Waals surface area contributed by atoms with E-state index in [1.54, 1.807) is 6.08 Å². The SMILES string of the molecule is CC/C=C\C/C=C\C/C=C\C/C=C\C/C=C\C/C=C\C/C=C\CCCCCCCCCCCC(=O)NC(COC1OC(CO)C(OC2OC(CO)C(O)C(O)C2O)C(O)C1O)C(O)/C=C/CC/C=C/CCCCCCCCCCCCCCCCCCCCCC. The van der Waals surface area contributed by atoms with Gasteiger partial charge >= 0.3 is 0 Å². The van der Waals surface area contributed by atoms with E-state index in [1.165, 1.54) is 161 Å². The van der Waals surface area contributed by atoms with Crippen LogP contribution in [0.25, 0.3) is 0 Å². The van der Waals surface area contributed by atoms with E-state index in [1.807, 2.05) is 6.08 Å². The Labute approximate surface area is 553 Å². The zero-order valence-electron chi connectivity index (χ0n) is 57.1. The molecule has 0 spiro atoms. The molecule has 0 aromatic heterocycles. The molecule has 91 heavy (non-hydrogen) atoms. The standard InChI is InChI=1S/C77H133NO13/c1-3-5-7-9-11-13-15-17-19-21-23-25-27-29-31-32-33-34-35-37-39-41-43-45-47-49-51-53-55-57-59-61-69(82)78-65(64-88-76-74(87)72(85)75(68(63-80)90-76)91-77-73(86)71(84)70(83)67(62-79)89-77)66(81)60-58-56-54-52-50-48-46-44-42-40-38-36-30-28-26-24-22-20-18-16-14-12-10-8-6-4-2/h5,7,11,13,17,19,23,25,29,31,33-34,37,39,50,52,58,60,65-68,70-77,79-81,83-87H,3-4,6,8-10,12,14-16,18,20-22,24,26-28,30,32,35-36,38,40-49,51,53-57,59,61-64H2,1-2H3,(H,78,82)/b7-5-,13-11-,19-17-,25-23-,31-29-,34-33-,39-37-,52-50+,60-58+. The highest BCUT2D eigenvalue weighted by atomic mass is 16.7. The summed E-state index contributed by atoms with van der Waals surface area (Å²) in [4.78, 5) is 13.3. The smallest absolute Gasteiger partial charge is 0.220 e. The lowest BCUT2D eigenvalue weighted by molar-refractivity contribution is -0.359. The molecular weight excluding hydrogens is 1150 g/mol. The minimum atomic E-state index is -1.80. The van der Waals surface area contributed by atoms with Crippen LogP contribution in [0.5, 0.6) is 0 Å². The van der Waals surface area contributed by atoms with Crippen molar-refractivity contribution in [2.45, 2.75) is 351 Å². The van der Waals surface area contributed by atoms with Crippen molar-refractivity contribution >= 4 is 5.91 Å². The van der Waals surface area contributed by atoms with Crippen molar-refractivity contribution in [1.82, 2.24) is 5.32 Å². The topological polar surface area (TPSA) is 228 Å². The van der Waals surface area contributed by atoms with Crippen LogP contribution in [0.1, 0.15) is 277 Å². The molecular formula is C77H133NO13. The van der Waals surface area contributed by atoms with Crippen LogP contribution in [-0.4, -0.2) is 140 Å².